The van der Waals surface area contributed by atoms with Crippen LogP contribution in [0.15, 0.2) is 72.1 Å². The molecule has 0 aliphatic rings. The number of anilines is 1. The van der Waals surface area contributed by atoms with Crippen molar-refractivity contribution in [1.29, 1.82) is 5.26 Å². The Kier molecular flexibility index (Phi) is 10.6. The van der Waals surface area contributed by atoms with E-state index in [0.717, 1.165) is 22.3 Å². The lowest BCUT2D eigenvalue weighted by Gasteiger charge is -2.27. The van der Waals surface area contributed by atoms with Gasteiger partial charge >= 0.3 is 6.09 Å². The fourth-order valence-corrected chi connectivity index (χ4v) is 5.29. The molecule has 4 N–H and O–H groups in total. The number of carbonyl (C=O) groups is 3. The minimum atomic E-state index is -0.605. The topological polar surface area (TPSA) is 153 Å². The number of amides is 3. The van der Waals surface area contributed by atoms with Crippen LogP contribution >= 0.6 is 11.3 Å². The summed E-state index contributed by atoms with van der Waals surface area (Å²) in [5.41, 5.74) is 4.38. The lowest BCUT2D eigenvalue weighted by molar-refractivity contribution is -0.115. The van der Waals surface area contributed by atoms with E-state index in [0.29, 0.717) is 34.1 Å². The largest absolute Gasteiger partial charge is 0.444 e. The molecule has 3 amide bonds. The summed E-state index contributed by atoms with van der Waals surface area (Å²) in [5, 5.41) is 29.3. The third-order valence-electron chi connectivity index (χ3n) is 6.94. The second kappa shape index (κ2) is 14.4. The van der Waals surface area contributed by atoms with E-state index in [2.05, 4.69) is 27.0 Å². The fourth-order valence-electron chi connectivity index (χ4n) is 4.55. The second-order valence-electron chi connectivity index (χ2n) is 12.4. The van der Waals surface area contributed by atoms with E-state index in [-0.39, 0.29) is 13.2 Å². The Labute approximate surface area is 272 Å². The van der Waals surface area contributed by atoms with Crippen LogP contribution in [0.2, 0.25) is 0 Å². The van der Waals surface area contributed by atoms with E-state index < -0.39 is 28.9 Å². The summed E-state index contributed by atoms with van der Waals surface area (Å²) in [5.74, 6) is -0.833. The molecule has 238 valence electrons. The number of thiazole rings is 1. The van der Waals surface area contributed by atoms with Crippen molar-refractivity contribution in [3.05, 3.63) is 94.4 Å². The third-order valence-corrected chi connectivity index (χ3v) is 7.69. The Morgan fingerprint density at radius 1 is 0.935 bits per heavy atom. The number of aromatic nitrogens is 1. The molecule has 1 heterocycles. The molecular weight excluding hydrogens is 602 g/mol. The van der Waals surface area contributed by atoms with Crippen LogP contribution in [0.4, 0.5) is 9.93 Å². The highest BCUT2D eigenvalue weighted by Gasteiger charge is 2.24. The van der Waals surface area contributed by atoms with Crippen molar-refractivity contribution in [2.24, 2.45) is 0 Å². The summed E-state index contributed by atoms with van der Waals surface area (Å²) >= 11 is 1.26. The number of hydrogen-bond donors (Lipinski definition) is 4. The SMILES string of the molecule is CC(C)(C)OC(=O)NCC(C)(C)c1cccc(C(=O)NCC(=O)Nc2nc(-c3cccc(-c4cc(C#N)cc(CO)c4)c3)cs2)c1. The zero-order valence-electron chi connectivity index (χ0n) is 26.4. The van der Waals surface area contributed by atoms with Gasteiger partial charge in [-0.3, -0.25) is 9.59 Å². The van der Waals surface area contributed by atoms with E-state index >= 15 is 0 Å². The Balaban J connectivity index is 1.35. The zero-order valence-corrected chi connectivity index (χ0v) is 27.2. The number of hydrogen-bond acceptors (Lipinski definition) is 8. The van der Waals surface area contributed by atoms with E-state index in [1.54, 1.807) is 51.1 Å². The predicted octanol–water partition coefficient (Wildman–Crippen LogP) is 6.01. The van der Waals surface area contributed by atoms with E-state index in [1.165, 1.54) is 11.3 Å². The molecule has 3 aromatic carbocycles. The number of aliphatic hydroxyl groups is 1. The predicted molar refractivity (Wildman–Crippen MR) is 178 cm³/mol. The standard InChI is InChI=1S/C35H37N5O5S/c1-34(2,3)45-33(44)38-21-35(4,5)28-11-7-10-26(16-28)31(43)37-18-30(42)40-32-39-29(20-46-32)25-9-6-8-24(15-25)27-13-22(17-36)12-23(14-27)19-41/h6-16,20,41H,18-19,21H2,1-5H3,(H,37,43)(H,38,44)(H,39,40,42). The van der Waals surface area contributed by atoms with E-state index in [4.69, 9.17) is 4.74 Å². The van der Waals surface area contributed by atoms with Crippen molar-refractivity contribution in [2.45, 2.75) is 52.2 Å². The highest BCUT2D eigenvalue weighted by atomic mass is 32.1. The van der Waals surface area contributed by atoms with Crippen LogP contribution in [0.1, 0.15) is 61.7 Å². The molecular formula is C35H37N5O5S. The molecule has 0 saturated heterocycles. The minimum absolute atomic E-state index is 0.169. The van der Waals surface area contributed by atoms with Crippen molar-refractivity contribution in [3.8, 4) is 28.5 Å². The molecule has 0 radical (unpaired) electrons. The second-order valence-corrected chi connectivity index (χ2v) is 13.2. The lowest BCUT2D eigenvalue weighted by atomic mass is 9.84. The molecule has 0 unspecified atom stereocenters. The summed E-state index contributed by atoms with van der Waals surface area (Å²) < 4.78 is 5.32. The van der Waals surface area contributed by atoms with Crippen LogP contribution in [0.3, 0.4) is 0 Å². The Morgan fingerprint density at radius 2 is 1.67 bits per heavy atom. The maximum absolute atomic E-state index is 12.9. The van der Waals surface area contributed by atoms with Crippen LogP contribution in [0, 0.1) is 11.3 Å². The monoisotopic (exact) mass is 639 g/mol. The number of nitrogens with zero attached hydrogens (tertiary/aromatic N) is 2. The molecule has 0 aliphatic carbocycles. The van der Waals surface area contributed by atoms with Gasteiger partial charge in [0.15, 0.2) is 5.13 Å². The van der Waals surface area contributed by atoms with Gasteiger partial charge in [-0.25, -0.2) is 9.78 Å². The highest BCUT2D eigenvalue weighted by molar-refractivity contribution is 7.14. The molecule has 0 saturated carbocycles. The normalized spacial score (nSPS) is 11.3. The van der Waals surface area contributed by atoms with Crippen molar-refractivity contribution in [3.63, 3.8) is 0 Å². The number of benzene rings is 3. The molecule has 0 atom stereocenters. The molecule has 0 fully saturated rings. The van der Waals surface area contributed by atoms with Crippen molar-refractivity contribution in [1.82, 2.24) is 15.6 Å². The van der Waals surface area contributed by atoms with Crippen molar-refractivity contribution >= 4 is 34.4 Å². The summed E-state index contributed by atoms with van der Waals surface area (Å²) in [6.07, 6.45) is -0.513. The number of ether oxygens (including phenoxy) is 1. The first-order chi connectivity index (χ1) is 21.8. The minimum Gasteiger partial charge on any atom is -0.444 e. The van der Waals surface area contributed by atoms with Gasteiger partial charge in [0.2, 0.25) is 5.91 Å². The van der Waals surface area contributed by atoms with Crippen LogP contribution in [-0.4, -0.2) is 46.7 Å². The molecule has 0 bridgehead atoms. The third kappa shape index (κ3) is 9.23. The smallest absolute Gasteiger partial charge is 0.407 e. The maximum Gasteiger partial charge on any atom is 0.407 e. The number of aliphatic hydroxyl groups excluding tert-OH is 1. The van der Waals surface area contributed by atoms with Gasteiger partial charge in [-0.2, -0.15) is 5.26 Å². The first kappa shape index (κ1) is 33.8. The lowest BCUT2D eigenvalue weighted by Crippen LogP contribution is -2.40. The molecule has 0 aliphatic heterocycles. The van der Waals surface area contributed by atoms with E-state index in [1.807, 2.05) is 55.6 Å². The van der Waals surface area contributed by atoms with Gasteiger partial charge in [-0.1, -0.05) is 44.2 Å². The molecule has 10 nitrogen and oxygen atoms in total. The molecule has 46 heavy (non-hydrogen) atoms. The Bertz CT molecular complexity index is 1780. The van der Waals surface area contributed by atoms with Gasteiger partial charge in [0, 0.05) is 28.5 Å². The maximum atomic E-state index is 12.9. The van der Waals surface area contributed by atoms with Crippen LogP contribution in [-0.2, 0) is 21.6 Å². The molecule has 4 aromatic rings. The van der Waals surface area contributed by atoms with Gasteiger partial charge in [0.25, 0.3) is 5.91 Å². The van der Waals surface area contributed by atoms with Gasteiger partial charge < -0.3 is 25.8 Å². The summed E-state index contributed by atoms with van der Waals surface area (Å²) in [4.78, 5) is 42.2. The van der Waals surface area contributed by atoms with Crippen LogP contribution in [0.25, 0.3) is 22.4 Å². The van der Waals surface area contributed by atoms with E-state index in [9.17, 15) is 24.8 Å². The number of carbonyl (C=O) groups excluding carboxylic acids is 3. The first-order valence-electron chi connectivity index (χ1n) is 14.6. The molecule has 4 rings (SSSR count). The zero-order chi connectivity index (χ0) is 33.5. The van der Waals surface area contributed by atoms with Crippen molar-refractivity contribution in [2.75, 3.05) is 18.4 Å². The fraction of sp³-hybridized carbons (Fsp3) is 0.286. The number of alkyl carbamates (subject to hydrolysis) is 1. The highest BCUT2D eigenvalue weighted by Crippen LogP contribution is 2.30. The average molecular weight is 640 g/mol. The average Bonchev–Trinajstić information content (AvgIpc) is 3.50. The summed E-state index contributed by atoms with van der Waals surface area (Å²) in [6, 6.07) is 22.0. The van der Waals surface area contributed by atoms with Gasteiger partial charge in [-0.15, -0.1) is 11.3 Å². The number of nitriles is 1. The Morgan fingerprint density at radius 3 is 2.39 bits per heavy atom. The quantitative estimate of drug-likeness (QED) is 0.166. The van der Waals surface area contributed by atoms with Crippen LogP contribution in [0.5, 0.6) is 0 Å². The summed E-state index contributed by atoms with van der Waals surface area (Å²) in [7, 11) is 0. The Hall–Kier alpha value is -5.05. The number of nitrogens with one attached hydrogen (secondary N) is 3. The summed E-state index contributed by atoms with van der Waals surface area (Å²) in [6.45, 7) is 9.17. The number of rotatable bonds is 10. The van der Waals surface area contributed by atoms with Gasteiger partial charge in [0.1, 0.15) is 5.60 Å². The molecule has 1 aromatic heterocycles. The molecule has 0 spiro atoms. The van der Waals surface area contributed by atoms with Gasteiger partial charge in [-0.05, 0) is 79.4 Å². The first-order valence-corrected chi connectivity index (χ1v) is 15.5. The van der Waals surface area contributed by atoms with Crippen molar-refractivity contribution < 1.29 is 24.2 Å². The molecule has 11 heteroatoms. The van der Waals surface area contributed by atoms with Gasteiger partial charge in [0.05, 0.1) is 30.5 Å². The van der Waals surface area contributed by atoms with Crippen LogP contribution < -0.4 is 16.0 Å².